The minimum atomic E-state index is 0.0712. The highest BCUT2D eigenvalue weighted by molar-refractivity contribution is 5.35. The van der Waals surface area contributed by atoms with Crippen LogP contribution >= 0.6 is 0 Å². The van der Waals surface area contributed by atoms with Crippen molar-refractivity contribution < 1.29 is 4.74 Å². The second-order valence-electron chi connectivity index (χ2n) is 5.74. The van der Waals surface area contributed by atoms with Crippen molar-refractivity contribution in [2.24, 2.45) is 5.73 Å². The SMILES string of the molecule is Cc1ccc(OCc2c(C)cccc2C)c(CC(C)N)n1. The topological polar surface area (TPSA) is 48.1 Å². The van der Waals surface area contributed by atoms with Crippen LogP contribution in [0.3, 0.4) is 0 Å². The van der Waals surface area contributed by atoms with Gasteiger partial charge in [0.2, 0.25) is 0 Å². The summed E-state index contributed by atoms with van der Waals surface area (Å²) in [7, 11) is 0. The third-order valence-electron chi connectivity index (χ3n) is 3.60. The number of hydrogen-bond donors (Lipinski definition) is 1. The van der Waals surface area contributed by atoms with Gasteiger partial charge in [0.15, 0.2) is 0 Å². The van der Waals surface area contributed by atoms with E-state index in [1.54, 1.807) is 0 Å². The molecule has 0 aliphatic heterocycles. The van der Waals surface area contributed by atoms with Crippen molar-refractivity contribution in [1.29, 1.82) is 0 Å². The molecule has 21 heavy (non-hydrogen) atoms. The molecule has 112 valence electrons. The molecule has 1 atom stereocenters. The van der Waals surface area contributed by atoms with Gasteiger partial charge in [0.05, 0.1) is 5.69 Å². The molecule has 0 aliphatic rings. The number of aryl methyl sites for hydroxylation is 3. The molecule has 1 aromatic carbocycles. The van der Waals surface area contributed by atoms with E-state index in [2.05, 4.69) is 37.0 Å². The Labute approximate surface area is 127 Å². The fourth-order valence-corrected chi connectivity index (χ4v) is 2.41. The van der Waals surface area contributed by atoms with E-state index >= 15 is 0 Å². The number of hydrogen-bond acceptors (Lipinski definition) is 3. The molecule has 1 heterocycles. The fourth-order valence-electron chi connectivity index (χ4n) is 2.41. The maximum absolute atomic E-state index is 6.02. The summed E-state index contributed by atoms with van der Waals surface area (Å²) in [6, 6.07) is 10.3. The largest absolute Gasteiger partial charge is 0.487 e. The monoisotopic (exact) mass is 284 g/mol. The van der Waals surface area contributed by atoms with Gasteiger partial charge in [-0.3, -0.25) is 4.98 Å². The van der Waals surface area contributed by atoms with Crippen LogP contribution < -0.4 is 10.5 Å². The number of ether oxygens (including phenoxy) is 1. The second kappa shape index (κ2) is 6.72. The molecule has 2 aromatic rings. The molecule has 0 aliphatic carbocycles. The smallest absolute Gasteiger partial charge is 0.141 e. The Balaban J connectivity index is 2.20. The molecule has 0 fully saturated rings. The quantitative estimate of drug-likeness (QED) is 0.914. The zero-order valence-corrected chi connectivity index (χ0v) is 13.3. The van der Waals surface area contributed by atoms with Crippen LogP contribution in [0.5, 0.6) is 5.75 Å². The van der Waals surface area contributed by atoms with E-state index in [-0.39, 0.29) is 6.04 Å². The van der Waals surface area contributed by atoms with Crippen LogP contribution in [0.2, 0.25) is 0 Å². The average molecular weight is 284 g/mol. The molecule has 2 N–H and O–H groups in total. The lowest BCUT2D eigenvalue weighted by Crippen LogP contribution is -2.19. The standard InChI is InChI=1S/C18H24N2O/c1-12-6-5-7-13(2)16(12)11-21-18-9-8-15(4)20-17(18)10-14(3)19/h5-9,14H,10-11,19H2,1-4H3. The van der Waals surface area contributed by atoms with Crippen molar-refractivity contribution in [3.05, 3.63) is 58.4 Å². The molecule has 0 spiro atoms. The first-order valence-corrected chi connectivity index (χ1v) is 7.37. The van der Waals surface area contributed by atoms with Crippen molar-refractivity contribution in [1.82, 2.24) is 4.98 Å². The maximum Gasteiger partial charge on any atom is 0.141 e. The summed E-state index contributed by atoms with van der Waals surface area (Å²) < 4.78 is 6.02. The van der Waals surface area contributed by atoms with Crippen molar-refractivity contribution in [3.8, 4) is 5.75 Å². The highest BCUT2D eigenvalue weighted by atomic mass is 16.5. The number of rotatable bonds is 5. The van der Waals surface area contributed by atoms with Gasteiger partial charge in [0.25, 0.3) is 0 Å². The third kappa shape index (κ3) is 4.05. The van der Waals surface area contributed by atoms with Gasteiger partial charge in [-0.2, -0.15) is 0 Å². The Kier molecular flexibility index (Phi) is 4.97. The first-order valence-electron chi connectivity index (χ1n) is 7.37. The van der Waals surface area contributed by atoms with Gasteiger partial charge in [0, 0.05) is 18.2 Å². The number of nitrogens with two attached hydrogens (primary N) is 1. The molecule has 0 saturated heterocycles. The van der Waals surface area contributed by atoms with Crippen LogP contribution in [0, 0.1) is 20.8 Å². The van der Waals surface area contributed by atoms with Crippen molar-refractivity contribution >= 4 is 0 Å². The van der Waals surface area contributed by atoms with Gasteiger partial charge in [-0.1, -0.05) is 18.2 Å². The number of nitrogens with zero attached hydrogens (tertiary/aromatic N) is 1. The summed E-state index contributed by atoms with van der Waals surface area (Å²) >= 11 is 0. The molecule has 1 unspecified atom stereocenters. The van der Waals surface area contributed by atoms with Gasteiger partial charge < -0.3 is 10.5 Å². The summed E-state index contributed by atoms with van der Waals surface area (Å²) in [6.07, 6.45) is 0.726. The lowest BCUT2D eigenvalue weighted by molar-refractivity contribution is 0.299. The van der Waals surface area contributed by atoms with Crippen molar-refractivity contribution in [2.75, 3.05) is 0 Å². The molecule has 0 bridgehead atoms. The van der Waals surface area contributed by atoms with E-state index in [1.807, 2.05) is 26.0 Å². The minimum Gasteiger partial charge on any atom is -0.487 e. The van der Waals surface area contributed by atoms with E-state index in [1.165, 1.54) is 16.7 Å². The lowest BCUT2D eigenvalue weighted by atomic mass is 10.0. The zero-order chi connectivity index (χ0) is 15.4. The Morgan fingerprint density at radius 1 is 1.10 bits per heavy atom. The zero-order valence-electron chi connectivity index (χ0n) is 13.3. The molecule has 2 rings (SSSR count). The third-order valence-corrected chi connectivity index (χ3v) is 3.60. The predicted octanol–water partition coefficient (Wildman–Crippen LogP) is 3.48. The number of pyridine rings is 1. The van der Waals surface area contributed by atoms with Crippen molar-refractivity contribution in [2.45, 2.75) is 46.8 Å². The van der Waals surface area contributed by atoms with Gasteiger partial charge >= 0.3 is 0 Å². The van der Waals surface area contributed by atoms with Crippen molar-refractivity contribution in [3.63, 3.8) is 0 Å². The van der Waals surface area contributed by atoms with Gasteiger partial charge in [-0.25, -0.2) is 0 Å². The Bertz CT molecular complexity index is 600. The van der Waals surface area contributed by atoms with Gasteiger partial charge in [0.1, 0.15) is 12.4 Å². The Morgan fingerprint density at radius 3 is 2.38 bits per heavy atom. The summed E-state index contributed by atoms with van der Waals surface area (Å²) in [5, 5.41) is 0. The van der Waals surface area contributed by atoms with Crippen LogP contribution in [0.1, 0.15) is 35.0 Å². The van der Waals surface area contributed by atoms with E-state index < -0.39 is 0 Å². The first kappa shape index (κ1) is 15.5. The molecular weight excluding hydrogens is 260 g/mol. The number of aromatic nitrogens is 1. The maximum atomic E-state index is 6.02. The Hall–Kier alpha value is -1.87. The highest BCUT2D eigenvalue weighted by Crippen LogP contribution is 2.22. The Morgan fingerprint density at radius 2 is 1.76 bits per heavy atom. The molecule has 0 amide bonds. The first-order chi connectivity index (χ1) is 9.97. The van der Waals surface area contributed by atoms with E-state index in [9.17, 15) is 0 Å². The van der Waals surface area contributed by atoms with Crippen LogP contribution in [-0.2, 0) is 13.0 Å². The fraction of sp³-hybridized carbons (Fsp3) is 0.389. The van der Waals surface area contributed by atoms with Crippen LogP contribution in [0.4, 0.5) is 0 Å². The molecule has 3 heteroatoms. The van der Waals surface area contributed by atoms with E-state index in [0.29, 0.717) is 6.61 Å². The predicted molar refractivity (Wildman–Crippen MR) is 86.6 cm³/mol. The molecule has 3 nitrogen and oxygen atoms in total. The van der Waals surface area contributed by atoms with E-state index in [0.717, 1.165) is 23.6 Å². The molecule has 0 radical (unpaired) electrons. The summed E-state index contributed by atoms with van der Waals surface area (Å²) in [4.78, 5) is 4.57. The molecular formula is C18H24N2O. The van der Waals surface area contributed by atoms with E-state index in [4.69, 9.17) is 10.5 Å². The second-order valence-corrected chi connectivity index (χ2v) is 5.74. The minimum absolute atomic E-state index is 0.0712. The molecule has 0 saturated carbocycles. The highest BCUT2D eigenvalue weighted by Gasteiger charge is 2.10. The summed E-state index contributed by atoms with van der Waals surface area (Å²) in [6.45, 7) is 8.76. The summed E-state index contributed by atoms with van der Waals surface area (Å²) in [5.74, 6) is 0.834. The number of benzene rings is 1. The normalized spacial score (nSPS) is 12.2. The van der Waals surface area contributed by atoms with Gasteiger partial charge in [-0.15, -0.1) is 0 Å². The summed E-state index contributed by atoms with van der Waals surface area (Å²) in [5.41, 5.74) is 11.6. The average Bonchev–Trinajstić information content (AvgIpc) is 2.39. The lowest BCUT2D eigenvalue weighted by Gasteiger charge is -2.15. The van der Waals surface area contributed by atoms with Crippen LogP contribution in [-0.4, -0.2) is 11.0 Å². The van der Waals surface area contributed by atoms with Crippen LogP contribution in [0.15, 0.2) is 30.3 Å². The van der Waals surface area contributed by atoms with Gasteiger partial charge in [-0.05, 0) is 56.5 Å². The van der Waals surface area contributed by atoms with Crippen LogP contribution in [0.25, 0.3) is 0 Å². The molecule has 1 aromatic heterocycles.